The highest BCUT2D eigenvalue weighted by atomic mass is 16.5. The Bertz CT molecular complexity index is 833. The molecule has 2 aromatic carbocycles. The Hall–Kier alpha value is -3.02. The number of hydrogen-bond acceptors (Lipinski definition) is 4. The zero-order valence-electron chi connectivity index (χ0n) is 18.5. The van der Waals surface area contributed by atoms with Crippen molar-refractivity contribution >= 4 is 11.8 Å². The molecule has 2 rings (SSSR count). The number of ether oxygens (including phenoxy) is 2. The van der Waals surface area contributed by atoms with E-state index in [0.717, 1.165) is 11.1 Å². The predicted octanol–water partition coefficient (Wildman–Crippen LogP) is 3.57. The number of aryl methyl sites for hydroxylation is 1. The molecule has 0 saturated heterocycles. The lowest BCUT2D eigenvalue weighted by molar-refractivity contribution is -0.142. The molecular formula is C24H32N2O4. The molecule has 0 heterocycles. The standard InChI is InChI=1S/C24H32N2O4/c1-17(2)14-25-24(28)19(4)26(15-20-8-6-7-18(3)13-20)23(27)16-30-22-11-9-21(29-5)10-12-22/h6-13,17,19H,14-16H2,1-5H3,(H,25,28)/t19-/m1/s1. The number of amides is 2. The molecule has 1 N–H and O–H groups in total. The van der Waals surface area contributed by atoms with Crippen LogP contribution >= 0.6 is 0 Å². The first-order valence-electron chi connectivity index (χ1n) is 10.2. The van der Waals surface area contributed by atoms with Gasteiger partial charge in [0, 0.05) is 13.1 Å². The van der Waals surface area contributed by atoms with Crippen LogP contribution in [0.4, 0.5) is 0 Å². The molecule has 0 saturated carbocycles. The minimum Gasteiger partial charge on any atom is -0.497 e. The quantitative estimate of drug-likeness (QED) is 0.648. The lowest BCUT2D eigenvalue weighted by atomic mass is 10.1. The van der Waals surface area contributed by atoms with E-state index >= 15 is 0 Å². The molecule has 0 aliphatic rings. The molecule has 0 spiro atoms. The summed E-state index contributed by atoms with van der Waals surface area (Å²) in [6.45, 7) is 8.56. The van der Waals surface area contributed by atoms with Crippen molar-refractivity contribution in [3.05, 3.63) is 59.7 Å². The van der Waals surface area contributed by atoms with E-state index in [4.69, 9.17) is 9.47 Å². The third-order valence-electron chi connectivity index (χ3n) is 4.71. The Kier molecular flexibility index (Phi) is 8.71. The van der Waals surface area contributed by atoms with Crippen molar-refractivity contribution in [3.8, 4) is 11.5 Å². The van der Waals surface area contributed by atoms with Crippen LogP contribution in [0, 0.1) is 12.8 Å². The van der Waals surface area contributed by atoms with Crippen LogP contribution in [0.1, 0.15) is 31.9 Å². The number of benzene rings is 2. The van der Waals surface area contributed by atoms with E-state index in [0.29, 0.717) is 30.5 Å². The second-order valence-electron chi connectivity index (χ2n) is 7.79. The van der Waals surface area contributed by atoms with Gasteiger partial charge in [-0.2, -0.15) is 0 Å². The van der Waals surface area contributed by atoms with Crippen molar-refractivity contribution in [2.24, 2.45) is 5.92 Å². The Morgan fingerprint density at radius 1 is 1.03 bits per heavy atom. The lowest BCUT2D eigenvalue weighted by Crippen LogP contribution is -2.49. The summed E-state index contributed by atoms with van der Waals surface area (Å²) < 4.78 is 10.8. The number of carbonyl (C=O) groups is 2. The molecule has 1 atom stereocenters. The van der Waals surface area contributed by atoms with Gasteiger partial charge < -0.3 is 19.7 Å². The van der Waals surface area contributed by atoms with Crippen molar-refractivity contribution in [2.45, 2.75) is 40.3 Å². The Balaban J connectivity index is 2.11. The van der Waals surface area contributed by atoms with Gasteiger partial charge in [-0.05, 0) is 49.6 Å². The molecule has 0 unspecified atom stereocenters. The van der Waals surface area contributed by atoms with E-state index in [2.05, 4.69) is 5.32 Å². The van der Waals surface area contributed by atoms with Gasteiger partial charge in [0.05, 0.1) is 7.11 Å². The third kappa shape index (κ3) is 7.10. The van der Waals surface area contributed by atoms with Crippen LogP contribution in [-0.4, -0.2) is 43.0 Å². The van der Waals surface area contributed by atoms with Gasteiger partial charge >= 0.3 is 0 Å². The molecule has 6 heteroatoms. The van der Waals surface area contributed by atoms with Gasteiger partial charge in [0.1, 0.15) is 17.5 Å². The smallest absolute Gasteiger partial charge is 0.261 e. The fraction of sp³-hybridized carbons (Fsp3) is 0.417. The maximum atomic E-state index is 13.0. The van der Waals surface area contributed by atoms with Crippen LogP contribution < -0.4 is 14.8 Å². The summed E-state index contributed by atoms with van der Waals surface area (Å²) in [6.07, 6.45) is 0. The SMILES string of the molecule is COc1ccc(OCC(=O)N(Cc2cccc(C)c2)[C@H](C)C(=O)NCC(C)C)cc1. The second kappa shape index (κ2) is 11.2. The molecule has 0 bridgehead atoms. The first-order valence-corrected chi connectivity index (χ1v) is 10.2. The van der Waals surface area contributed by atoms with E-state index in [1.54, 1.807) is 43.2 Å². The molecule has 2 aromatic rings. The van der Waals surface area contributed by atoms with Gasteiger partial charge in [-0.3, -0.25) is 9.59 Å². The fourth-order valence-electron chi connectivity index (χ4n) is 2.94. The highest BCUT2D eigenvalue weighted by Crippen LogP contribution is 2.18. The first-order chi connectivity index (χ1) is 14.3. The van der Waals surface area contributed by atoms with Crippen LogP contribution in [0.15, 0.2) is 48.5 Å². The monoisotopic (exact) mass is 412 g/mol. The van der Waals surface area contributed by atoms with Crippen molar-refractivity contribution in [1.82, 2.24) is 10.2 Å². The summed E-state index contributed by atoms with van der Waals surface area (Å²) in [6, 6.07) is 14.3. The van der Waals surface area contributed by atoms with E-state index in [1.807, 2.05) is 45.0 Å². The predicted molar refractivity (Wildman–Crippen MR) is 118 cm³/mol. The summed E-state index contributed by atoms with van der Waals surface area (Å²) in [5, 5.41) is 2.91. The third-order valence-corrected chi connectivity index (χ3v) is 4.71. The molecule has 162 valence electrons. The molecule has 0 aliphatic heterocycles. The molecule has 0 radical (unpaired) electrons. The largest absolute Gasteiger partial charge is 0.497 e. The molecule has 0 aromatic heterocycles. The number of nitrogens with zero attached hydrogens (tertiary/aromatic N) is 1. The number of rotatable bonds is 10. The van der Waals surface area contributed by atoms with Crippen molar-refractivity contribution < 1.29 is 19.1 Å². The summed E-state index contributed by atoms with van der Waals surface area (Å²) in [4.78, 5) is 27.2. The van der Waals surface area contributed by atoms with Crippen LogP contribution in [0.25, 0.3) is 0 Å². The topological polar surface area (TPSA) is 67.9 Å². The second-order valence-corrected chi connectivity index (χ2v) is 7.79. The number of hydrogen-bond donors (Lipinski definition) is 1. The first kappa shape index (κ1) is 23.3. The number of carbonyl (C=O) groups excluding carboxylic acids is 2. The average Bonchev–Trinajstić information content (AvgIpc) is 2.74. The van der Waals surface area contributed by atoms with Crippen LogP contribution in [0.5, 0.6) is 11.5 Å². The van der Waals surface area contributed by atoms with Crippen molar-refractivity contribution in [3.63, 3.8) is 0 Å². The zero-order chi connectivity index (χ0) is 22.1. The van der Waals surface area contributed by atoms with Gasteiger partial charge in [-0.15, -0.1) is 0 Å². The normalized spacial score (nSPS) is 11.7. The molecule has 30 heavy (non-hydrogen) atoms. The summed E-state index contributed by atoms with van der Waals surface area (Å²) >= 11 is 0. The van der Waals surface area contributed by atoms with Crippen molar-refractivity contribution in [1.29, 1.82) is 0 Å². The Morgan fingerprint density at radius 3 is 2.30 bits per heavy atom. The lowest BCUT2D eigenvalue weighted by Gasteiger charge is -2.29. The van der Waals surface area contributed by atoms with E-state index in [1.165, 1.54) is 0 Å². The van der Waals surface area contributed by atoms with E-state index in [9.17, 15) is 9.59 Å². The van der Waals surface area contributed by atoms with Crippen LogP contribution in [0.3, 0.4) is 0 Å². The van der Waals surface area contributed by atoms with E-state index < -0.39 is 6.04 Å². The Morgan fingerprint density at radius 2 is 1.70 bits per heavy atom. The highest BCUT2D eigenvalue weighted by Gasteiger charge is 2.26. The summed E-state index contributed by atoms with van der Waals surface area (Å²) in [5.41, 5.74) is 2.07. The summed E-state index contributed by atoms with van der Waals surface area (Å²) in [7, 11) is 1.59. The fourth-order valence-corrected chi connectivity index (χ4v) is 2.94. The maximum absolute atomic E-state index is 13.0. The Labute approximate surface area is 179 Å². The molecule has 0 aliphatic carbocycles. The van der Waals surface area contributed by atoms with Gasteiger partial charge in [-0.1, -0.05) is 43.7 Å². The highest BCUT2D eigenvalue weighted by molar-refractivity contribution is 5.87. The van der Waals surface area contributed by atoms with E-state index in [-0.39, 0.29) is 18.4 Å². The molecule has 6 nitrogen and oxygen atoms in total. The maximum Gasteiger partial charge on any atom is 0.261 e. The number of nitrogens with one attached hydrogen (secondary N) is 1. The zero-order valence-corrected chi connectivity index (χ0v) is 18.5. The van der Waals surface area contributed by atoms with Crippen LogP contribution in [0.2, 0.25) is 0 Å². The van der Waals surface area contributed by atoms with Gasteiger partial charge in [0.25, 0.3) is 5.91 Å². The minimum absolute atomic E-state index is 0.153. The minimum atomic E-state index is -0.615. The van der Waals surface area contributed by atoms with Gasteiger partial charge in [0.15, 0.2) is 6.61 Å². The van der Waals surface area contributed by atoms with Crippen molar-refractivity contribution in [2.75, 3.05) is 20.3 Å². The molecule has 2 amide bonds. The summed E-state index contributed by atoms with van der Waals surface area (Å²) in [5.74, 6) is 1.19. The van der Waals surface area contributed by atoms with Gasteiger partial charge in [0.2, 0.25) is 5.91 Å². The molecular weight excluding hydrogens is 380 g/mol. The van der Waals surface area contributed by atoms with Crippen LogP contribution in [-0.2, 0) is 16.1 Å². The van der Waals surface area contributed by atoms with Gasteiger partial charge in [-0.25, -0.2) is 0 Å². The average molecular weight is 413 g/mol. The molecule has 0 fully saturated rings. The number of methoxy groups -OCH3 is 1.